The van der Waals surface area contributed by atoms with Gasteiger partial charge in [-0.05, 0) is 18.6 Å². The van der Waals surface area contributed by atoms with E-state index in [9.17, 15) is 14.4 Å². The van der Waals surface area contributed by atoms with E-state index in [1.807, 2.05) is 24.3 Å². The number of carbonyl (C=O) groups is 3. The fourth-order valence-electron chi connectivity index (χ4n) is 2.61. The molecule has 24 heavy (non-hydrogen) atoms. The van der Waals surface area contributed by atoms with Crippen LogP contribution in [0.2, 0.25) is 0 Å². The lowest BCUT2D eigenvalue weighted by molar-refractivity contribution is -0.129. The Labute approximate surface area is 137 Å². The van der Waals surface area contributed by atoms with Gasteiger partial charge in [-0.2, -0.15) is 0 Å². The fraction of sp³-hybridized carbons (Fsp3) is 0.312. The number of hydrogen-bond acceptors (Lipinski definition) is 5. The number of para-hydroxylation sites is 2. The minimum Gasteiger partial charge on any atom is -0.368 e. The van der Waals surface area contributed by atoms with Crippen molar-refractivity contribution in [2.75, 3.05) is 0 Å². The van der Waals surface area contributed by atoms with Crippen molar-refractivity contribution in [2.45, 2.75) is 31.3 Å². The fourth-order valence-corrected chi connectivity index (χ4v) is 2.61. The van der Waals surface area contributed by atoms with Crippen LogP contribution in [0.3, 0.4) is 0 Å². The highest BCUT2D eigenvalue weighted by molar-refractivity contribution is 5.93. The van der Waals surface area contributed by atoms with Gasteiger partial charge in [0.05, 0.1) is 16.7 Å². The normalized spacial score (nSPS) is 18.2. The molecule has 1 aliphatic rings. The lowest BCUT2D eigenvalue weighted by Gasteiger charge is -2.18. The Morgan fingerprint density at radius 3 is 2.75 bits per heavy atom. The molecule has 3 rings (SSSR count). The van der Waals surface area contributed by atoms with Crippen molar-refractivity contribution in [1.29, 1.82) is 0 Å². The molecule has 1 aromatic carbocycles. The third kappa shape index (κ3) is 3.48. The van der Waals surface area contributed by atoms with Crippen LogP contribution < -0.4 is 16.4 Å². The molecular formula is C16H17N5O3. The summed E-state index contributed by atoms with van der Waals surface area (Å²) in [7, 11) is 0. The quantitative estimate of drug-likeness (QED) is 0.677. The summed E-state index contributed by atoms with van der Waals surface area (Å²) >= 11 is 0. The van der Waals surface area contributed by atoms with E-state index in [1.165, 1.54) is 0 Å². The summed E-state index contributed by atoms with van der Waals surface area (Å²) in [5.41, 5.74) is 7.38. The molecule has 1 aromatic heterocycles. The van der Waals surface area contributed by atoms with E-state index in [-0.39, 0.29) is 12.3 Å². The molecule has 0 radical (unpaired) electrons. The van der Waals surface area contributed by atoms with Crippen molar-refractivity contribution in [2.24, 2.45) is 5.73 Å². The van der Waals surface area contributed by atoms with Gasteiger partial charge in [-0.25, -0.2) is 4.98 Å². The first-order chi connectivity index (χ1) is 11.5. The third-order valence-corrected chi connectivity index (χ3v) is 3.88. The van der Waals surface area contributed by atoms with Crippen LogP contribution in [0, 0.1) is 0 Å². The highest BCUT2D eigenvalue weighted by Crippen LogP contribution is 2.11. The maximum absolute atomic E-state index is 12.1. The smallest absolute Gasteiger partial charge is 0.243 e. The molecule has 2 heterocycles. The molecule has 0 bridgehead atoms. The topological polar surface area (TPSA) is 127 Å². The van der Waals surface area contributed by atoms with Crippen LogP contribution in [0.25, 0.3) is 11.0 Å². The number of nitrogens with zero attached hydrogens (tertiary/aromatic N) is 2. The van der Waals surface area contributed by atoms with E-state index < -0.39 is 23.9 Å². The SMILES string of the molecule is NC(=O)[C@H](Cc1cnc2ccccc2n1)NC(=O)[C@H]1CCC(=O)N1. The summed E-state index contributed by atoms with van der Waals surface area (Å²) in [6.45, 7) is 0. The number of nitrogens with one attached hydrogen (secondary N) is 2. The zero-order valence-corrected chi connectivity index (χ0v) is 12.9. The molecule has 3 amide bonds. The lowest BCUT2D eigenvalue weighted by Crippen LogP contribution is -2.51. The minimum absolute atomic E-state index is 0.138. The number of fused-ring (bicyclic) bond motifs is 1. The summed E-state index contributed by atoms with van der Waals surface area (Å²) < 4.78 is 0. The first-order valence-electron chi connectivity index (χ1n) is 7.62. The van der Waals surface area contributed by atoms with Gasteiger partial charge in [0.1, 0.15) is 12.1 Å². The number of hydrogen-bond donors (Lipinski definition) is 3. The number of nitrogens with two attached hydrogens (primary N) is 1. The molecule has 0 unspecified atom stereocenters. The predicted octanol–water partition coefficient (Wildman–Crippen LogP) is -0.579. The Hall–Kier alpha value is -3.03. The maximum Gasteiger partial charge on any atom is 0.243 e. The number of benzene rings is 1. The van der Waals surface area contributed by atoms with Crippen molar-refractivity contribution in [1.82, 2.24) is 20.6 Å². The number of rotatable bonds is 5. The van der Waals surface area contributed by atoms with Crippen molar-refractivity contribution < 1.29 is 14.4 Å². The van der Waals surface area contributed by atoms with E-state index in [2.05, 4.69) is 20.6 Å². The Morgan fingerprint density at radius 2 is 2.08 bits per heavy atom. The maximum atomic E-state index is 12.1. The van der Waals surface area contributed by atoms with E-state index in [0.717, 1.165) is 5.52 Å². The molecule has 8 nitrogen and oxygen atoms in total. The second kappa shape index (κ2) is 6.61. The largest absolute Gasteiger partial charge is 0.368 e. The molecule has 1 fully saturated rings. The average Bonchev–Trinajstić information content (AvgIpc) is 3.00. The summed E-state index contributed by atoms with van der Waals surface area (Å²) in [6, 6.07) is 5.82. The van der Waals surface area contributed by atoms with Crippen LogP contribution in [-0.4, -0.2) is 39.8 Å². The van der Waals surface area contributed by atoms with Gasteiger partial charge in [0.2, 0.25) is 17.7 Å². The summed E-state index contributed by atoms with van der Waals surface area (Å²) in [5, 5.41) is 5.13. The minimum atomic E-state index is -0.912. The number of carbonyl (C=O) groups excluding carboxylic acids is 3. The standard InChI is InChI=1S/C16H17N5O3/c17-15(23)13(21-16(24)12-5-6-14(22)20-12)7-9-8-18-10-3-1-2-4-11(10)19-9/h1-4,8,12-13H,5-7H2,(H2,17,23)(H,20,22)(H,21,24)/t12-,13+/m1/s1. The van der Waals surface area contributed by atoms with Crippen LogP contribution in [0.1, 0.15) is 18.5 Å². The van der Waals surface area contributed by atoms with Gasteiger partial charge in [-0.1, -0.05) is 12.1 Å². The summed E-state index contributed by atoms with van der Waals surface area (Å²) in [6.07, 6.45) is 2.41. The van der Waals surface area contributed by atoms with Gasteiger partial charge in [0.15, 0.2) is 0 Å². The molecular weight excluding hydrogens is 310 g/mol. The molecule has 0 saturated carbocycles. The lowest BCUT2D eigenvalue weighted by atomic mass is 10.1. The first-order valence-corrected chi connectivity index (χ1v) is 7.62. The number of aromatic nitrogens is 2. The molecule has 124 valence electrons. The van der Waals surface area contributed by atoms with E-state index >= 15 is 0 Å². The van der Waals surface area contributed by atoms with Crippen LogP contribution in [-0.2, 0) is 20.8 Å². The Kier molecular flexibility index (Phi) is 4.37. The van der Waals surface area contributed by atoms with Gasteiger partial charge in [0, 0.05) is 19.0 Å². The second-order valence-corrected chi connectivity index (χ2v) is 5.68. The average molecular weight is 327 g/mol. The van der Waals surface area contributed by atoms with Crippen LogP contribution >= 0.6 is 0 Å². The monoisotopic (exact) mass is 327 g/mol. The van der Waals surface area contributed by atoms with E-state index in [4.69, 9.17) is 5.73 Å². The van der Waals surface area contributed by atoms with Crippen LogP contribution in [0.5, 0.6) is 0 Å². The van der Waals surface area contributed by atoms with Crippen LogP contribution in [0.15, 0.2) is 30.5 Å². The molecule has 4 N–H and O–H groups in total. The molecule has 0 spiro atoms. The summed E-state index contributed by atoms with van der Waals surface area (Å²) in [5.74, 6) is -1.26. The molecule has 2 atom stereocenters. The van der Waals surface area contributed by atoms with Crippen LogP contribution in [0.4, 0.5) is 0 Å². The summed E-state index contributed by atoms with van der Waals surface area (Å²) in [4.78, 5) is 43.7. The van der Waals surface area contributed by atoms with Gasteiger partial charge in [0.25, 0.3) is 0 Å². The predicted molar refractivity (Wildman–Crippen MR) is 85.5 cm³/mol. The van der Waals surface area contributed by atoms with Gasteiger partial charge in [-0.15, -0.1) is 0 Å². The Morgan fingerprint density at radius 1 is 1.33 bits per heavy atom. The molecule has 0 aliphatic carbocycles. The number of primary amides is 1. The molecule has 1 aliphatic heterocycles. The van der Waals surface area contributed by atoms with Gasteiger partial charge in [-0.3, -0.25) is 19.4 Å². The highest BCUT2D eigenvalue weighted by Gasteiger charge is 2.30. The third-order valence-electron chi connectivity index (χ3n) is 3.88. The zero-order chi connectivity index (χ0) is 17.1. The zero-order valence-electron chi connectivity index (χ0n) is 12.9. The molecule has 2 aromatic rings. The molecule has 1 saturated heterocycles. The van der Waals surface area contributed by atoms with E-state index in [1.54, 1.807) is 6.20 Å². The first kappa shape index (κ1) is 15.9. The van der Waals surface area contributed by atoms with Crippen molar-refractivity contribution in [3.05, 3.63) is 36.2 Å². The van der Waals surface area contributed by atoms with Crippen molar-refractivity contribution in [3.8, 4) is 0 Å². The van der Waals surface area contributed by atoms with Crippen molar-refractivity contribution in [3.63, 3.8) is 0 Å². The Balaban J connectivity index is 1.72. The van der Waals surface area contributed by atoms with Gasteiger partial charge >= 0.3 is 0 Å². The Bertz CT molecular complexity index is 807. The second-order valence-electron chi connectivity index (χ2n) is 5.68. The van der Waals surface area contributed by atoms with E-state index in [0.29, 0.717) is 24.1 Å². The highest BCUT2D eigenvalue weighted by atomic mass is 16.2. The van der Waals surface area contributed by atoms with Gasteiger partial charge < -0.3 is 16.4 Å². The van der Waals surface area contributed by atoms with Crippen molar-refractivity contribution >= 4 is 28.8 Å². The number of amides is 3. The molecule has 8 heteroatoms.